The highest BCUT2D eigenvalue weighted by molar-refractivity contribution is 9.11. The van der Waals surface area contributed by atoms with Crippen molar-refractivity contribution in [1.82, 2.24) is 14.9 Å². The lowest BCUT2D eigenvalue weighted by atomic mass is 10.2. The summed E-state index contributed by atoms with van der Waals surface area (Å²) in [6.45, 7) is 3.88. The van der Waals surface area contributed by atoms with Gasteiger partial charge in [0.05, 0.1) is 10.8 Å². The van der Waals surface area contributed by atoms with Crippen molar-refractivity contribution in [3.05, 3.63) is 71.1 Å². The average molecular weight is 497 g/mol. The summed E-state index contributed by atoms with van der Waals surface area (Å²) in [6.07, 6.45) is 1.44. The van der Waals surface area contributed by atoms with Crippen LogP contribution in [0.25, 0.3) is 11.0 Å². The van der Waals surface area contributed by atoms with Gasteiger partial charge in [-0.15, -0.1) is 0 Å². The molecule has 27 heavy (non-hydrogen) atoms. The first kappa shape index (κ1) is 19.5. The quantitative estimate of drug-likeness (QED) is 0.560. The third-order valence-electron chi connectivity index (χ3n) is 4.15. The Morgan fingerprint density at radius 1 is 1.22 bits per heavy atom. The molecule has 1 amide bonds. The van der Waals surface area contributed by atoms with Crippen molar-refractivity contribution in [3.63, 3.8) is 0 Å². The number of aryl methyl sites for hydroxylation is 1. The molecule has 1 N–H and O–H groups in total. The van der Waals surface area contributed by atoms with Crippen molar-refractivity contribution in [2.45, 2.75) is 20.4 Å². The van der Waals surface area contributed by atoms with Gasteiger partial charge in [0.15, 0.2) is 5.58 Å². The molecule has 140 valence electrons. The number of halogens is 2. The summed E-state index contributed by atoms with van der Waals surface area (Å²) < 4.78 is 8.07. The number of amides is 1. The van der Waals surface area contributed by atoms with Crippen LogP contribution in [0.1, 0.15) is 21.6 Å². The second-order valence-corrected chi connectivity index (χ2v) is 7.73. The summed E-state index contributed by atoms with van der Waals surface area (Å²) >= 11 is 6.69. The minimum absolute atomic E-state index is 0.0990. The number of rotatable bonds is 4. The summed E-state index contributed by atoms with van der Waals surface area (Å²) in [5.41, 5.74) is 0.622. The maximum atomic E-state index is 12.4. The molecule has 0 unspecified atom stereocenters. The van der Waals surface area contributed by atoms with E-state index in [0.717, 1.165) is 4.47 Å². The second kappa shape index (κ2) is 7.77. The zero-order valence-corrected chi connectivity index (χ0v) is 17.7. The van der Waals surface area contributed by atoms with Gasteiger partial charge in [-0.2, -0.15) is 0 Å². The first-order valence-electron chi connectivity index (χ1n) is 8.01. The normalized spacial score (nSPS) is 11.0. The molecule has 0 atom stereocenters. The zero-order chi connectivity index (χ0) is 19.7. The van der Waals surface area contributed by atoms with E-state index in [2.05, 4.69) is 42.2 Å². The van der Waals surface area contributed by atoms with Gasteiger partial charge >= 0.3 is 5.63 Å². The van der Waals surface area contributed by atoms with E-state index in [0.29, 0.717) is 26.7 Å². The Bertz CT molecular complexity index is 1170. The molecule has 0 aliphatic rings. The molecule has 2 aromatic heterocycles. The minimum Gasteiger partial charge on any atom is -0.421 e. The molecule has 0 saturated carbocycles. The summed E-state index contributed by atoms with van der Waals surface area (Å²) in [5.74, 6) is -0.563. The number of carbonyl (C=O) groups excluding carboxylic acids is 1. The Morgan fingerprint density at radius 2 is 1.96 bits per heavy atom. The molecule has 3 aromatic rings. The molecule has 9 heteroatoms. The highest BCUT2D eigenvalue weighted by Gasteiger charge is 2.15. The summed E-state index contributed by atoms with van der Waals surface area (Å²) in [4.78, 5) is 40.8. The molecule has 0 aliphatic heterocycles. The number of fused-ring (bicyclic) bond motifs is 1. The molecule has 1 aromatic carbocycles. The molecular weight excluding hydrogens is 482 g/mol. The predicted molar refractivity (Wildman–Crippen MR) is 108 cm³/mol. The van der Waals surface area contributed by atoms with Crippen LogP contribution >= 0.6 is 31.9 Å². The fraction of sp³-hybridized carbons (Fsp3) is 0.222. The highest BCUT2D eigenvalue weighted by Crippen LogP contribution is 2.27. The summed E-state index contributed by atoms with van der Waals surface area (Å²) in [6, 6.07) is 4.98. The molecule has 0 bridgehead atoms. The maximum absolute atomic E-state index is 12.4. The third-order valence-corrected chi connectivity index (χ3v) is 5.20. The summed E-state index contributed by atoms with van der Waals surface area (Å²) in [7, 11) is 0. The van der Waals surface area contributed by atoms with Gasteiger partial charge in [-0.25, -0.2) is 9.78 Å². The highest BCUT2D eigenvalue weighted by atomic mass is 79.9. The predicted octanol–water partition coefficient (Wildman–Crippen LogP) is 2.92. The van der Waals surface area contributed by atoms with Crippen LogP contribution in [-0.4, -0.2) is 22.0 Å². The van der Waals surface area contributed by atoms with E-state index in [-0.39, 0.29) is 24.2 Å². The van der Waals surface area contributed by atoms with E-state index in [4.69, 9.17) is 4.42 Å². The number of hydrogen-bond donors (Lipinski definition) is 1. The van der Waals surface area contributed by atoms with E-state index in [1.54, 1.807) is 26.0 Å². The summed E-state index contributed by atoms with van der Waals surface area (Å²) in [5, 5.41) is 3.24. The van der Waals surface area contributed by atoms with Gasteiger partial charge < -0.3 is 9.73 Å². The van der Waals surface area contributed by atoms with Crippen LogP contribution in [0, 0.1) is 13.8 Å². The van der Waals surface area contributed by atoms with Gasteiger partial charge in [0, 0.05) is 34.2 Å². The number of carbonyl (C=O) groups is 1. The van der Waals surface area contributed by atoms with E-state index >= 15 is 0 Å². The first-order valence-corrected chi connectivity index (χ1v) is 9.60. The number of nitrogens with zero attached hydrogens (tertiary/aromatic N) is 2. The van der Waals surface area contributed by atoms with Crippen molar-refractivity contribution in [2.24, 2.45) is 0 Å². The molecule has 0 radical (unpaired) electrons. The molecule has 3 rings (SSSR count). The Balaban J connectivity index is 1.79. The molecule has 2 heterocycles. The van der Waals surface area contributed by atoms with Gasteiger partial charge in [-0.05, 0) is 48.0 Å². The fourth-order valence-corrected chi connectivity index (χ4v) is 3.87. The van der Waals surface area contributed by atoms with Crippen LogP contribution in [0.3, 0.4) is 0 Å². The number of benzene rings is 1. The Morgan fingerprint density at radius 3 is 2.70 bits per heavy atom. The third kappa shape index (κ3) is 4.03. The second-order valence-electron chi connectivity index (χ2n) is 5.96. The van der Waals surface area contributed by atoms with Crippen LogP contribution in [0.4, 0.5) is 0 Å². The van der Waals surface area contributed by atoms with Crippen LogP contribution in [0.15, 0.2) is 47.5 Å². The van der Waals surface area contributed by atoms with Gasteiger partial charge in [0.2, 0.25) is 0 Å². The van der Waals surface area contributed by atoms with Crippen molar-refractivity contribution in [3.8, 4) is 0 Å². The number of aromatic nitrogens is 2. The molecule has 0 fully saturated rings. The maximum Gasteiger partial charge on any atom is 0.349 e. The van der Waals surface area contributed by atoms with Crippen molar-refractivity contribution in [1.29, 1.82) is 0 Å². The Kier molecular flexibility index (Phi) is 5.61. The van der Waals surface area contributed by atoms with Gasteiger partial charge in [0.25, 0.3) is 11.5 Å². The van der Waals surface area contributed by atoms with E-state index in [1.807, 2.05) is 0 Å². The lowest BCUT2D eigenvalue weighted by molar-refractivity contribution is 0.0948. The zero-order valence-electron chi connectivity index (χ0n) is 14.5. The molecule has 7 nitrogen and oxygen atoms in total. The van der Waals surface area contributed by atoms with Crippen molar-refractivity contribution < 1.29 is 9.21 Å². The minimum atomic E-state index is -0.729. The van der Waals surface area contributed by atoms with E-state index in [1.165, 1.54) is 17.0 Å². The average Bonchev–Trinajstić information content (AvgIpc) is 2.61. The van der Waals surface area contributed by atoms with Crippen LogP contribution in [-0.2, 0) is 6.54 Å². The monoisotopic (exact) mass is 495 g/mol. The first-order chi connectivity index (χ1) is 12.8. The fourth-order valence-electron chi connectivity index (χ4n) is 2.54. The van der Waals surface area contributed by atoms with Gasteiger partial charge in [-0.1, -0.05) is 15.9 Å². The number of nitrogens with one attached hydrogen (secondary N) is 1. The Hall–Kier alpha value is -2.26. The van der Waals surface area contributed by atoms with Crippen LogP contribution in [0.2, 0.25) is 0 Å². The smallest absolute Gasteiger partial charge is 0.349 e. The lowest BCUT2D eigenvalue weighted by Gasteiger charge is -2.09. The standard InChI is InChI=1S/C18H15Br2N3O4/c1-9-10(2)22-8-23(17(9)25)4-3-21-16(24)13-6-11-5-12(19)7-14(20)15(11)27-18(13)26/h5-8H,3-4H2,1-2H3,(H,21,24). The Labute approximate surface area is 170 Å². The largest absolute Gasteiger partial charge is 0.421 e. The van der Waals surface area contributed by atoms with Gasteiger partial charge in [0.1, 0.15) is 5.56 Å². The SMILES string of the molecule is Cc1ncn(CCNC(=O)c2cc3cc(Br)cc(Br)c3oc2=O)c(=O)c1C. The van der Waals surface area contributed by atoms with Crippen LogP contribution < -0.4 is 16.5 Å². The van der Waals surface area contributed by atoms with Gasteiger partial charge in [-0.3, -0.25) is 14.2 Å². The molecular formula is C18H15Br2N3O4. The van der Waals surface area contributed by atoms with Crippen molar-refractivity contribution >= 4 is 48.7 Å². The molecule has 0 spiro atoms. The van der Waals surface area contributed by atoms with E-state index in [9.17, 15) is 14.4 Å². The topological polar surface area (TPSA) is 94.2 Å². The van der Waals surface area contributed by atoms with E-state index < -0.39 is 11.5 Å². The molecule has 0 saturated heterocycles. The van der Waals surface area contributed by atoms with Crippen LogP contribution in [0.5, 0.6) is 0 Å². The number of hydrogen-bond acceptors (Lipinski definition) is 5. The lowest BCUT2D eigenvalue weighted by Crippen LogP contribution is -2.33. The molecule has 0 aliphatic carbocycles. The van der Waals surface area contributed by atoms with Crippen molar-refractivity contribution in [2.75, 3.05) is 6.54 Å².